The molecule has 0 aliphatic carbocycles. The summed E-state index contributed by atoms with van der Waals surface area (Å²) in [5, 5.41) is 0. The maximum Gasteiger partial charge on any atom is 0.310 e. The van der Waals surface area contributed by atoms with Crippen LogP contribution in [0.3, 0.4) is 0 Å². The second-order valence-electron chi connectivity index (χ2n) is 24.1. The first-order valence-corrected chi connectivity index (χ1v) is 35.9. The van der Waals surface area contributed by atoms with Gasteiger partial charge in [0.05, 0.1) is 6.42 Å². The van der Waals surface area contributed by atoms with E-state index in [0.29, 0.717) is 12.8 Å². The number of carbonyl (C=O) groups excluding carboxylic acids is 3. The quantitative estimate of drug-likeness (QED) is 0.0261. The zero-order valence-corrected chi connectivity index (χ0v) is 54.8. The molecule has 0 rings (SSSR count). The normalized spacial score (nSPS) is 12.5. The first-order chi connectivity index (χ1) is 40.5. The molecule has 0 saturated carbocycles. The lowest BCUT2D eigenvalue weighted by atomic mass is 10.0. The molecule has 0 aromatic rings. The Hall–Kier alpha value is -3.15. The SMILES string of the molecule is CC/C=C\C/C=C\C/C=C\C/C=C\C/C=C\CC(=O)OC(COC(=O)CCCCCCC/C=C\CCCCCCC)COC(=O)CCCCCCCCCCCCCCCCCCCCCCCCCCCCCCCCCCCCC. The molecule has 0 fully saturated rings. The zero-order valence-electron chi connectivity index (χ0n) is 54.8. The number of hydrogen-bond acceptors (Lipinski definition) is 6. The van der Waals surface area contributed by atoms with E-state index in [4.69, 9.17) is 14.2 Å². The highest BCUT2D eigenvalue weighted by Crippen LogP contribution is 2.19. The van der Waals surface area contributed by atoms with Crippen LogP contribution in [0.4, 0.5) is 0 Å². The standard InChI is InChI=1S/C76H136O6/c1-4-7-10-13-16-19-22-25-28-29-30-31-32-33-34-35-36-37-38-39-40-41-42-43-44-45-46-47-49-51-54-57-60-63-66-69-75(78)81-72-73(71-80-74(77)68-65-62-59-56-53-50-27-24-21-18-15-12-9-6-3)82-76(79)70-67-64-61-58-55-52-48-26-23-20-17-14-11-8-5-2/h8,11,17,20,24,26-27,48,55,58,64,67,73H,4-7,9-10,12-16,18-19,21-23,25,28-47,49-54,56-57,59-63,65-66,68-72H2,1-3H3/b11-8-,20-17-,27-24-,48-26-,58-55-,67-64-. The van der Waals surface area contributed by atoms with Gasteiger partial charge in [0.1, 0.15) is 13.2 Å². The first kappa shape index (κ1) is 78.8. The van der Waals surface area contributed by atoms with Crippen LogP contribution in [0.15, 0.2) is 72.9 Å². The molecule has 0 aliphatic heterocycles. The van der Waals surface area contributed by atoms with E-state index in [1.54, 1.807) is 6.08 Å². The molecule has 0 aromatic heterocycles. The van der Waals surface area contributed by atoms with Crippen molar-refractivity contribution in [3.63, 3.8) is 0 Å². The summed E-state index contributed by atoms with van der Waals surface area (Å²) >= 11 is 0. The van der Waals surface area contributed by atoms with Crippen molar-refractivity contribution in [1.82, 2.24) is 0 Å². The van der Waals surface area contributed by atoms with E-state index in [2.05, 4.69) is 81.5 Å². The summed E-state index contributed by atoms with van der Waals surface area (Å²) in [4.78, 5) is 38.2. The van der Waals surface area contributed by atoms with Gasteiger partial charge in [0.15, 0.2) is 6.10 Å². The van der Waals surface area contributed by atoms with Crippen LogP contribution in [0.2, 0.25) is 0 Å². The monoisotopic (exact) mass is 1150 g/mol. The van der Waals surface area contributed by atoms with Crippen molar-refractivity contribution in [3.8, 4) is 0 Å². The third-order valence-corrected chi connectivity index (χ3v) is 16.0. The van der Waals surface area contributed by atoms with Crippen molar-refractivity contribution >= 4 is 17.9 Å². The Labute approximate surface area is 510 Å². The summed E-state index contributed by atoms with van der Waals surface area (Å²) in [6.45, 7) is 6.47. The summed E-state index contributed by atoms with van der Waals surface area (Å²) in [5.41, 5.74) is 0. The Morgan fingerprint density at radius 1 is 0.268 bits per heavy atom. The average molecular weight is 1150 g/mol. The molecule has 1 unspecified atom stereocenters. The number of esters is 3. The Balaban J connectivity index is 4.12. The van der Waals surface area contributed by atoms with Gasteiger partial charge >= 0.3 is 17.9 Å². The minimum absolute atomic E-state index is 0.0977. The molecule has 6 nitrogen and oxygen atoms in total. The van der Waals surface area contributed by atoms with Gasteiger partial charge in [-0.3, -0.25) is 14.4 Å². The smallest absolute Gasteiger partial charge is 0.310 e. The van der Waals surface area contributed by atoms with Crippen LogP contribution in [0.5, 0.6) is 0 Å². The molecular weight excluding hydrogens is 1010 g/mol. The van der Waals surface area contributed by atoms with E-state index in [0.717, 1.165) is 83.5 Å². The second-order valence-corrected chi connectivity index (χ2v) is 24.1. The van der Waals surface area contributed by atoms with Gasteiger partial charge in [-0.2, -0.15) is 0 Å². The summed E-state index contributed by atoms with van der Waals surface area (Å²) < 4.78 is 16.8. The molecule has 0 aromatic carbocycles. The predicted molar refractivity (Wildman–Crippen MR) is 358 cm³/mol. The summed E-state index contributed by atoms with van der Waals surface area (Å²) in [7, 11) is 0. The third-order valence-electron chi connectivity index (χ3n) is 16.0. The zero-order chi connectivity index (χ0) is 59.2. The summed E-state index contributed by atoms with van der Waals surface area (Å²) in [5.74, 6) is -1.04. The number of unbranched alkanes of at least 4 members (excludes halogenated alkanes) is 44. The Kier molecular flexibility index (Phi) is 67.6. The minimum Gasteiger partial charge on any atom is -0.462 e. The number of carbonyl (C=O) groups is 3. The lowest BCUT2D eigenvalue weighted by molar-refractivity contribution is -0.166. The molecule has 0 bridgehead atoms. The van der Waals surface area contributed by atoms with E-state index < -0.39 is 12.1 Å². The highest BCUT2D eigenvalue weighted by Gasteiger charge is 2.19. The van der Waals surface area contributed by atoms with Crippen molar-refractivity contribution in [3.05, 3.63) is 72.9 Å². The van der Waals surface area contributed by atoms with Crippen LogP contribution in [-0.2, 0) is 28.6 Å². The molecular formula is C76H136O6. The fourth-order valence-electron chi connectivity index (χ4n) is 10.6. The lowest BCUT2D eigenvalue weighted by Gasteiger charge is -2.18. The van der Waals surface area contributed by atoms with E-state index in [9.17, 15) is 14.4 Å². The fourth-order valence-corrected chi connectivity index (χ4v) is 10.6. The van der Waals surface area contributed by atoms with Crippen molar-refractivity contribution in [2.75, 3.05) is 13.2 Å². The van der Waals surface area contributed by atoms with Crippen LogP contribution in [0.25, 0.3) is 0 Å². The molecule has 0 saturated heterocycles. The number of rotatable bonds is 66. The molecule has 82 heavy (non-hydrogen) atoms. The molecule has 0 amide bonds. The van der Waals surface area contributed by atoms with Crippen molar-refractivity contribution in [2.45, 2.75) is 380 Å². The molecule has 0 heterocycles. The van der Waals surface area contributed by atoms with Gasteiger partial charge in [-0.1, -0.05) is 357 Å². The van der Waals surface area contributed by atoms with Gasteiger partial charge in [0.25, 0.3) is 0 Å². The van der Waals surface area contributed by atoms with Gasteiger partial charge in [0.2, 0.25) is 0 Å². The largest absolute Gasteiger partial charge is 0.462 e. The number of ether oxygens (including phenoxy) is 3. The van der Waals surface area contributed by atoms with E-state index >= 15 is 0 Å². The van der Waals surface area contributed by atoms with Gasteiger partial charge in [-0.15, -0.1) is 0 Å². The second kappa shape index (κ2) is 70.3. The Bertz CT molecular complexity index is 1500. The van der Waals surface area contributed by atoms with E-state index in [-0.39, 0.29) is 31.6 Å². The summed E-state index contributed by atoms with van der Waals surface area (Å²) in [6.07, 6.45) is 92.8. The average Bonchev–Trinajstić information content (AvgIpc) is 3.47. The Morgan fingerprint density at radius 3 is 0.793 bits per heavy atom. The highest BCUT2D eigenvalue weighted by atomic mass is 16.6. The molecule has 0 radical (unpaired) electrons. The van der Waals surface area contributed by atoms with Gasteiger partial charge in [0, 0.05) is 12.8 Å². The van der Waals surface area contributed by atoms with Crippen LogP contribution in [0.1, 0.15) is 374 Å². The van der Waals surface area contributed by atoms with Gasteiger partial charge in [-0.25, -0.2) is 0 Å². The maximum absolute atomic E-state index is 12.8. The maximum atomic E-state index is 12.8. The molecule has 476 valence electrons. The highest BCUT2D eigenvalue weighted by molar-refractivity contribution is 5.72. The number of allylic oxidation sites excluding steroid dienone is 11. The van der Waals surface area contributed by atoms with Crippen LogP contribution < -0.4 is 0 Å². The number of hydrogen-bond donors (Lipinski definition) is 0. The topological polar surface area (TPSA) is 78.9 Å². The molecule has 0 N–H and O–H groups in total. The molecule has 0 spiro atoms. The fraction of sp³-hybridized carbons (Fsp3) is 0.803. The van der Waals surface area contributed by atoms with Gasteiger partial charge < -0.3 is 14.2 Å². The Morgan fingerprint density at radius 2 is 0.512 bits per heavy atom. The van der Waals surface area contributed by atoms with E-state index in [1.807, 2.05) is 6.08 Å². The minimum atomic E-state index is -0.833. The van der Waals surface area contributed by atoms with Crippen molar-refractivity contribution < 1.29 is 28.6 Å². The van der Waals surface area contributed by atoms with Crippen LogP contribution in [-0.4, -0.2) is 37.2 Å². The van der Waals surface area contributed by atoms with Gasteiger partial charge in [-0.05, 0) is 70.6 Å². The molecule has 6 heteroatoms. The van der Waals surface area contributed by atoms with Crippen LogP contribution >= 0.6 is 0 Å². The molecule has 0 aliphatic rings. The lowest BCUT2D eigenvalue weighted by Crippen LogP contribution is -2.30. The molecule has 1 atom stereocenters. The van der Waals surface area contributed by atoms with Crippen molar-refractivity contribution in [1.29, 1.82) is 0 Å². The van der Waals surface area contributed by atoms with Crippen molar-refractivity contribution in [2.24, 2.45) is 0 Å². The predicted octanol–water partition coefficient (Wildman–Crippen LogP) is 24.8. The summed E-state index contributed by atoms with van der Waals surface area (Å²) in [6, 6.07) is 0. The van der Waals surface area contributed by atoms with E-state index in [1.165, 1.54) is 250 Å². The third kappa shape index (κ3) is 67.6. The van der Waals surface area contributed by atoms with Crippen LogP contribution in [0, 0.1) is 0 Å². The first-order valence-electron chi connectivity index (χ1n) is 35.9.